The predicted molar refractivity (Wildman–Crippen MR) is 95.7 cm³/mol. The second-order valence-electron chi connectivity index (χ2n) is 5.97. The fraction of sp³-hybridized carbons (Fsp3) is 0.474. The monoisotopic (exact) mass is 330 g/mol. The first-order valence-corrected chi connectivity index (χ1v) is 8.53. The number of H-pyrrole nitrogens is 1. The first-order valence-electron chi connectivity index (χ1n) is 8.53. The zero-order chi connectivity index (χ0) is 17.5. The molecular formula is C19H26N2O3. The van der Waals surface area contributed by atoms with Gasteiger partial charge in [0.2, 0.25) is 5.91 Å². The van der Waals surface area contributed by atoms with E-state index in [2.05, 4.69) is 17.2 Å². The summed E-state index contributed by atoms with van der Waals surface area (Å²) in [5.74, 6) is 0.771. The number of carbonyl (C=O) groups is 2. The third kappa shape index (κ3) is 4.16. The lowest BCUT2D eigenvalue weighted by molar-refractivity contribution is -0.121. The molecule has 0 bridgehead atoms. The maximum Gasteiger partial charge on any atom is 0.220 e. The van der Waals surface area contributed by atoms with Crippen LogP contribution >= 0.6 is 0 Å². The first kappa shape index (κ1) is 18.0. The summed E-state index contributed by atoms with van der Waals surface area (Å²) in [6.07, 6.45) is 4.28. The topological polar surface area (TPSA) is 71.2 Å². The fourth-order valence-corrected chi connectivity index (χ4v) is 2.93. The van der Waals surface area contributed by atoms with E-state index in [1.807, 2.05) is 18.2 Å². The summed E-state index contributed by atoms with van der Waals surface area (Å²) < 4.78 is 5.36. The number of amides is 1. The Morgan fingerprint density at radius 1 is 1.25 bits per heavy atom. The fourth-order valence-electron chi connectivity index (χ4n) is 2.93. The van der Waals surface area contributed by atoms with E-state index in [9.17, 15) is 9.59 Å². The molecule has 2 rings (SSSR count). The van der Waals surface area contributed by atoms with Gasteiger partial charge in [-0.3, -0.25) is 9.59 Å². The minimum absolute atomic E-state index is 0.0162. The highest BCUT2D eigenvalue weighted by Crippen LogP contribution is 2.30. The van der Waals surface area contributed by atoms with Crippen molar-refractivity contribution in [2.24, 2.45) is 0 Å². The van der Waals surface area contributed by atoms with Crippen molar-refractivity contribution in [1.82, 2.24) is 10.3 Å². The summed E-state index contributed by atoms with van der Waals surface area (Å²) in [4.78, 5) is 26.9. The number of para-hydroxylation sites is 1. The van der Waals surface area contributed by atoms with Crippen molar-refractivity contribution in [3.63, 3.8) is 0 Å². The minimum Gasteiger partial charge on any atom is -0.495 e. The van der Waals surface area contributed by atoms with E-state index < -0.39 is 0 Å². The number of Topliss-reactive ketones (excluding diaryl/α,β-unsaturated/α-hetero) is 1. The van der Waals surface area contributed by atoms with Gasteiger partial charge in [0, 0.05) is 25.3 Å². The number of rotatable bonds is 9. The van der Waals surface area contributed by atoms with Crippen LogP contribution in [0.15, 0.2) is 18.2 Å². The third-order valence-corrected chi connectivity index (χ3v) is 4.18. The number of ether oxygens (including phenoxy) is 1. The lowest BCUT2D eigenvalue weighted by Gasteiger charge is -2.06. The molecule has 0 saturated carbocycles. The molecule has 0 spiro atoms. The zero-order valence-electron chi connectivity index (χ0n) is 14.7. The molecule has 0 unspecified atom stereocenters. The first-order chi connectivity index (χ1) is 11.6. The van der Waals surface area contributed by atoms with Crippen molar-refractivity contribution in [3.05, 3.63) is 29.5 Å². The van der Waals surface area contributed by atoms with Crippen molar-refractivity contribution in [3.8, 4) is 5.75 Å². The lowest BCUT2D eigenvalue weighted by Crippen LogP contribution is -2.25. The lowest BCUT2D eigenvalue weighted by atomic mass is 10.1. The zero-order valence-corrected chi connectivity index (χ0v) is 14.7. The SMILES string of the molecule is CCCCCC(=O)NCCc1c(C(C)=O)[nH]c2c(OC)cccc12. The number of benzene rings is 1. The summed E-state index contributed by atoms with van der Waals surface area (Å²) in [6.45, 7) is 4.19. The number of hydrogen-bond acceptors (Lipinski definition) is 3. The van der Waals surface area contributed by atoms with E-state index in [1.165, 1.54) is 0 Å². The molecule has 2 N–H and O–H groups in total. The maximum atomic E-state index is 11.9. The van der Waals surface area contributed by atoms with Gasteiger partial charge in [-0.15, -0.1) is 0 Å². The molecule has 5 heteroatoms. The van der Waals surface area contributed by atoms with Crippen molar-refractivity contribution in [1.29, 1.82) is 0 Å². The summed E-state index contributed by atoms with van der Waals surface area (Å²) in [5, 5.41) is 3.92. The Bertz CT molecular complexity index is 719. The largest absolute Gasteiger partial charge is 0.495 e. The van der Waals surface area contributed by atoms with Crippen molar-refractivity contribution in [2.45, 2.75) is 46.0 Å². The molecule has 1 heterocycles. The van der Waals surface area contributed by atoms with Gasteiger partial charge in [-0.1, -0.05) is 31.9 Å². The van der Waals surface area contributed by atoms with Crippen LogP contribution in [0.1, 0.15) is 55.6 Å². The number of nitrogens with one attached hydrogen (secondary N) is 2. The third-order valence-electron chi connectivity index (χ3n) is 4.18. The van der Waals surface area contributed by atoms with Gasteiger partial charge in [0.25, 0.3) is 0 Å². The summed E-state index contributed by atoms with van der Waals surface area (Å²) in [6, 6.07) is 5.74. The summed E-state index contributed by atoms with van der Waals surface area (Å²) >= 11 is 0. The standard InChI is InChI=1S/C19H26N2O3/c1-4-5-6-10-17(23)20-12-11-15-14-8-7-9-16(24-3)19(14)21-18(15)13(2)22/h7-9,21H,4-6,10-12H2,1-3H3,(H,20,23). The highest BCUT2D eigenvalue weighted by atomic mass is 16.5. The Kier molecular flexibility index (Phi) is 6.41. The molecular weight excluding hydrogens is 304 g/mol. The molecule has 5 nitrogen and oxygen atoms in total. The van der Waals surface area contributed by atoms with Crippen LogP contribution in [0, 0.1) is 0 Å². The normalized spacial score (nSPS) is 10.8. The van der Waals surface area contributed by atoms with Crippen LogP contribution in [0.3, 0.4) is 0 Å². The van der Waals surface area contributed by atoms with Gasteiger partial charge in [0.15, 0.2) is 5.78 Å². The van der Waals surface area contributed by atoms with Gasteiger partial charge >= 0.3 is 0 Å². The second-order valence-corrected chi connectivity index (χ2v) is 5.97. The quantitative estimate of drug-likeness (QED) is 0.545. The number of unbranched alkanes of at least 4 members (excludes halogenated alkanes) is 2. The Hall–Kier alpha value is -2.30. The van der Waals surface area contributed by atoms with Crippen LogP contribution < -0.4 is 10.1 Å². The van der Waals surface area contributed by atoms with E-state index in [0.717, 1.165) is 35.7 Å². The summed E-state index contributed by atoms with van der Waals surface area (Å²) in [5.41, 5.74) is 2.36. The van der Waals surface area contributed by atoms with Gasteiger partial charge in [0.05, 0.1) is 18.3 Å². The molecule has 1 aromatic heterocycles. The number of fused-ring (bicyclic) bond motifs is 1. The average molecular weight is 330 g/mol. The van der Waals surface area contributed by atoms with E-state index >= 15 is 0 Å². The molecule has 1 aromatic carbocycles. The Morgan fingerprint density at radius 3 is 2.71 bits per heavy atom. The molecule has 0 aliphatic carbocycles. The number of ketones is 1. The van der Waals surface area contributed by atoms with Gasteiger partial charge in [-0.05, 0) is 24.5 Å². The van der Waals surface area contributed by atoms with Gasteiger partial charge in [-0.2, -0.15) is 0 Å². The number of carbonyl (C=O) groups excluding carboxylic acids is 2. The van der Waals surface area contributed by atoms with Gasteiger partial charge in [0.1, 0.15) is 5.75 Å². The highest BCUT2D eigenvalue weighted by molar-refractivity contribution is 6.02. The van der Waals surface area contributed by atoms with Crippen LogP contribution in [0.5, 0.6) is 5.75 Å². The Balaban J connectivity index is 2.11. The van der Waals surface area contributed by atoms with Crippen molar-refractivity contribution in [2.75, 3.05) is 13.7 Å². The molecule has 0 aliphatic rings. The Labute approximate surface area is 142 Å². The van der Waals surface area contributed by atoms with E-state index in [1.54, 1.807) is 14.0 Å². The van der Waals surface area contributed by atoms with Crippen LogP contribution in [-0.2, 0) is 11.2 Å². The van der Waals surface area contributed by atoms with Crippen LogP contribution in [0.4, 0.5) is 0 Å². The predicted octanol–water partition coefficient (Wildman–Crippen LogP) is 3.62. The number of aromatic amines is 1. The smallest absolute Gasteiger partial charge is 0.220 e. The van der Waals surface area contributed by atoms with E-state index in [-0.39, 0.29) is 11.7 Å². The molecule has 130 valence electrons. The molecule has 0 atom stereocenters. The number of aromatic nitrogens is 1. The van der Waals surface area contributed by atoms with Crippen LogP contribution in [0.2, 0.25) is 0 Å². The second kappa shape index (κ2) is 8.52. The summed E-state index contributed by atoms with van der Waals surface area (Å²) in [7, 11) is 1.61. The van der Waals surface area contributed by atoms with Crippen molar-refractivity contribution < 1.29 is 14.3 Å². The average Bonchev–Trinajstić information content (AvgIpc) is 2.94. The Morgan fingerprint density at radius 2 is 2.04 bits per heavy atom. The molecule has 2 aromatic rings. The van der Waals surface area contributed by atoms with Crippen LogP contribution in [0.25, 0.3) is 10.9 Å². The molecule has 0 radical (unpaired) electrons. The highest BCUT2D eigenvalue weighted by Gasteiger charge is 2.17. The molecule has 0 saturated heterocycles. The minimum atomic E-state index is -0.0162. The van der Waals surface area contributed by atoms with Gasteiger partial charge in [-0.25, -0.2) is 0 Å². The van der Waals surface area contributed by atoms with E-state index in [4.69, 9.17) is 4.74 Å². The van der Waals surface area contributed by atoms with Gasteiger partial charge < -0.3 is 15.0 Å². The van der Waals surface area contributed by atoms with Crippen molar-refractivity contribution >= 4 is 22.6 Å². The number of methoxy groups -OCH3 is 1. The molecule has 0 fully saturated rings. The molecule has 1 amide bonds. The molecule has 0 aliphatic heterocycles. The maximum absolute atomic E-state index is 11.9. The molecule has 24 heavy (non-hydrogen) atoms. The van der Waals surface area contributed by atoms with E-state index in [0.29, 0.717) is 30.8 Å². The van der Waals surface area contributed by atoms with Crippen LogP contribution in [-0.4, -0.2) is 30.3 Å². The number of hydrogen-bond donors (Lipinski definition) is 2.